The van der Waals surface area contributed by atoms with E-state index in [1.54, 1.807) is 24.3 Å². The van der Waals surface area contributed by atoms with Gasteiger partial charge in [-0.3, -0.25) is 4.79 Å². The molecule has 0 spiro atoms. The number of ether oxygens (including phenoxy) is 1. The van der Waals surface area contributed by atoms with Crippen molar-refractivity contribution in [1.82, 2.24) is 0 Å². The van der Waals surface area contributed by atoms with Crippen molar-refractivity contribution < 1.29 is 13.9 Å². The molecule has 2 aromatic carbocycles. The number of hydrogen-bond donors (Lipinski definition) is 0. The number of benzene rings is 2. The van der Waals surface area contributed by atoms with Gasteiger partial charge in [0.1, 0.15) is 0 Å². The van der Waals surface area contributed by atoms with Crippen LogP contribution in [-0.4, -0.2) is 12.4 Å². The Kier molecular flexibility index (Phi) is 5.30. The van der Waals surface area contributed by atoms with Crippen LogP contribution in [0.3, 0.4) is 0 Å². The third-order valence-corrected chi connectivity index (χ3v) is 3.29. The molecule has 2 rings (SSSR count). The number of carbonyl (C=O) groups excluding carboxylic acids is 1. The standard InChI is InChI=1S/C16H14BrFO2/c17-13-8-9-16(14(18)11-13)20-10-4-7-15(19)12-5-2-1-3-6-12/h1-3,5-6,8-9,11H,4,7,10H2. The molecule has 2 nitrogen and oxygen atoms in total. The van der Waals surface area contributed by atoms with E-state index in [2.05, 4.69) is 15.9 Å². The van der Waals surface area contributed by atoms with E-state index in [0.717, 1.165) is 0 Å². The number of halogens is 2. The van der Waals surface area contributed by atoms with Gasteiger partial charge in [-0.1, -0.05) is 46.3 Å². The second-order valence-electron chi connectivity index (χ2n) is 4.32. The van der Waals surface area contributed by atoms with Crippen LogP contribution < -0.4 is 4.74 Å². The van der Waals surface area contributed by atoms with E-state index in [0.29, 0.717) is 29.5 Å². The van der Waals surface area contributed by atoms with Gasteiger partial charge in [-0.15, -0.1) is 0 Å². The predicted octanol–water partition coefficient (Wildman–Crippen LogP) is 4.63. The maximum absolute atomic E-state index is 13.5. The lowest BCUT2D eigenvalue weighted by Crippen LogP contribution is -2.04. The molecule has 0 aromatic heterocycles. The Morgan fingerprint density at radius 3 is 2.60 bits per heavy atom. The molecule has 0 radical (unpaired) electrons. The molecule has 0 N–H and O–H groups in total. The Morgan fingerprint density at radius 2 is 1.90 bits per heavy atom. The lowest BCUT2D eigenvalue weighted by atomic mass is 10.1. The van der Waals surface area contributed by atoms with Crippen LogP contribution in [0.5, 0.6) is 5.75 Å². The molecule has 0 aliphatic carbocycles. The average molecular weight is 337 g/mol. The van der Waals surface area contributed by atoms with E-state index in [9.17, 15) is 9.18 Å². The third-order valence-electron chi connectivity index (χ3n) is 2.80. The first kappa shape index (κ1) is 14.7. The molecule has 0 unspecified atom stereocenters. The summed E-state index contributed by atoms with van der Waals surface area (Å²) >= 11 is 3.18. The number of Topliss-reactive ketones (excluding diaryl/α,β-unsaturated/α-hetero) is 1. The number of hydrogen-bond acceptors (Lipinski definition) is 2. The smallest absolute Gasteiger partial charge is 0.166 e. The van der Waals surface area contributed by atoms with Gasteiger partial charge in [0.05, 0.1) is 6.61 Å². The van der Waals surface area contributed by atoms with Crippen molar-refractivity contribution in [3.63, 3.8) is 0 Å². The Labute approximate surface area is 125 Å². The van der Waals surface area contributed by atoms with Gasteiger partial charge in [0, 0.05) is 16.5 Å². The highest BCUT2D eigenvalue weighted by atomic mass is 79.9. The highest BCUT2D eigenvalue weighted by Crippen LogP contribution is 2.21. The molecule has 0 atom stereocenters. The summed E-state index contributed by atoms with van der Waals surface area (Å²) in [5.41, 5.74) is 0.697. The summed E-state index contributed by atoms with van der Waals surface area (Å²) in [6, 6.07) is 13.8. The van der Waals surface area contributed by atoms with Crippen molar-refractivity contribution >= 4 is 21.7 Å². The van der Waals surface area contributed by atoms with Gasteiger partial charge in [-0.05, 0) is 24.6 Å². The summed E-state index contributed by atoms with van der Waals surface area (Å²) in [5.74, 6) is -0.125. The van der Waals surface area contributed by atoms with E-state index in [-0.39, 0.29) is 11.5 Å². The zero-order valence-electron chi connectivity index (χ0n) is 10.8. The summed E-state index contributed by atoms with van der Waals surface area (Å²) < 4.78 is 19.5. The fraction of sp³-hybridized carbons (Fsp3) is 0.188. The van der Waals surface area contributed by atoms with E-state index in [4.69, 9.17) is 4.74 Å². The fourth-order valence-electron chi connectivity index (χ4n) is 1.78. The van der Waals surface area contributed by atoms with E-state index >= 15 is 0 Å². The molecule has 0 amide bonds. The molecule has 0 bridgehead atoms. The first-order chi connectivity index (χ1) is 9.66. The molecule has 0 fully saturated rings. The maximum atomic E-state index is 13.5. The third kappa shape index (κ3) is 4.17. The van der Waals surface area contributed by atoms with Crippen LogP contribution in [0.15, 0.2) is 53.0 Å². The van der Waals surface area contributed by atoms with Crippen molar-refractivity contribution in [2.45, 2.75) is 12.8 Å². The number of carbonyl (C=O) groups is 1. The van der Waals surface area contributed by atoms with Crippen LogP contribution in [0.4, 0.5) is 4.39 Å². The van der Waals surface area contributed by atoms with Crippen molar-refractivity contribution in [3.8, 4) is 5.75 Å². The SMILES string of the molecule is O=C(CCCOc1ccc(Br)cc1F)c1ccccc1. The van der Waals surface area contributed by atoms with Crippen molar-refractivity contribution in [3.05, 3.63) is 64.4 Å². The van der Waals surface area contributed by atoms with E-state index in [1.165, 1.54) is 6.07 Å². The van der Waals surface area contributed by atoms with Gasteiger partial charge in [0.15, 0.2) is 17.3 Å². The first-order valence-electron chi connectivity index (χ1n) is 6.33. The largest absolute Gasteiger partial charge is 0.491 e. The van der Waals surface area contributed by atoms with Crippen LogP contribution in [0.2, 0.25) is 0 Å². The van der Waals surface area contributed by atoms with Crippen molar-refractivity contribution in [2.75, 3.05) is 6.61 Å². The van der Waals surface area contributed by atoms with Gasteiger partial charge in [0.2, 0.25) is 0 Å². The van der Waals surface area contributed by atoms with Gasteiger partial charge >= 0.3 is 0 Å². The molecule has 4 heteroatoms. The Hall–Kier alpha value is -1.68. The van der Waals surface area contributed by atoms with Crippen molar-refractivity contribution in [1.29, 1.82) is 0 Å². The Balaban J connectivity index is 1.78. The zero-order valence-corrected chi connectivity index (χ0v) is 12.4. The monoisotopic (exact) mass is 336 g/mol. The summed E-state index contributed by atoms with van der Waals surface area (Å²) in [4.78, 5) is 11.8. The molecule has 2 aromatic rings. The number of rotatable bonds is 6. The van der Waals surface area contributed by atoms with Crippen LogP contribution in [-0.2, 0) is 0 Å². The highest BCUT2D eigenvalue weighted by molar-refractivity contribution is 9.10. The molecule has 104 valence electrons. The molecule has 20 heavy (non-hydrogen) atoms. The molecule has 0 heterocycles. The second kappa shape index (κ2) is 7.20. The van der Waals surface area contributed by atoms with E-state index in [1.807, 2.05) is 18.2 Å². The molecular formula is C16H14BrFO2. The van der Waals surface area contributed by atoms with E-state index < -0.39 is 5.82 Å². The highest BCUT2D eigenvalue weighted by Gasteiger charge is 2.06. The Bertz CT molecular complexity index is 584. The lowest BCUT2D eigenvalue weighted by Gasteiger charge is -2.07. The Morgan fingerprint density at radius 1 is 1.15 bits per heavy atom. The molecular weight excluding hydrogens is 323 g/mol. The average Bonchev–Trinajstić information content (AvgIpc) is 2.46. The summed E-state index contributed by atoms with van der Waals surface area (Å²) in [6.07, 6.45) is 0.950. The van der Waals surface area contributed by atoms with Crippen LogP contribution in [0, 0.1) is 5.82 Å². The van der Waals surface area contributed by atoms with Crippen molar-refractivity contribution in [2.24, 2.45) is 0 Å². The topological polar surface area (TPSA) is 26.3 Å². The normalized spacial score (nSPS) is 10.3. The minimum absolute atomic E-state index is 0.0745. The minimum Gasteiger partial charge on any atom is -0.491 e. The summed E-state index contributed by atoms with van der Waals surface area (Å²) in [6.45, 7) is 0.317. The van der Waals surface area contributed by atoms with Gasteiger partial charge in [-0.25, -0.2) is 4.39 Å². The van der Waals surface area contributed by atoms with Crippen LogP contribution in [0.25, 0.3) is 0 Å². The maximum Gasteiger partial charge on any atom is 0.166 e. The number of ketones is 1. The van der Waals surface area contributed by atoms with Gasteiger partial charge in [-0.2, -0.15) is 0 Å². The summed E-state index contributed by atoms with van der Waals surface area (Å²) in [7, 11) is 0. The zero-order chi connectivity index (χ0) is 14.4. The second-order valence-corrected chi connectivity index (χ2v) is 5.23. The quantitative estimate of drug-likeness (QED) is 0.567. The van der Waals surface area contributed by atoms with Crippen LogP contribution >= 0.6 is 15.9 Å². The molecule has 0 saturated carbocycles. The van der Waals surface area contributed by atoms with Gasteiger partial charge < -0.3 is 4.74 Å². The molecule has 0 aliphatic heterocycles. The van der Waals surface area contributed by atoms with Gasteiger partial charge in [0.25, 0.3) is 0 Å². The predicted molar refractivity (Wildman–Crippen MR) is 79.6 cm³/mol. The van der Waals surface area contributed by atoms with Crippen LogP contribution in [0.1, 0.15) is 23.2 Å². The molecule has 0 saturated heterocycles. The first-order valence-corrected chi connectivity index (χ1v) is 7.12. The lowest BCUT2D eigenvalue weighted by molar-refractivity contribution is 0.0973. The fourth-order valence-corrected chi connectivity index (χ4v) is 2.11. The summed E-state index contributed by atoms with van der Waals surface area (Å²) in [5, 5.41) is 0. The molecule has 0 aliphatic rings. The minimum atomic E-state index is -0.409.